The van der Waals surface area contributed by atoms with Crippen molar-refractivity contribution in [3.63, 3.8) is 0 Å². The van der Waals surface area contributed by atoms with Crippen molar-refractivity contribution < 1.29 is 9.90 Å². The van der Waals surface area contributed by atoms with E-state index in [9.17, 15) is 4.79 Å². The number of hydrogen-bond acceptors (Lipinski definition) is 2. The minimum atomic E-state index is -0.938. The summed E-state index contributed by atoms with van der Waals surface area (Å²) in [5, 5.41) is 9.72. The lowest BCUT2D eigenvalue weighted by molar-refractivity contribution is -0.131. The quantitative estimate of drug-likeness (QED) is 0.821. The van der Waals surface area contributed by atoms with Crippen LogP contribution in [0.15, 0.2) is 24.3 Å². The first-order valence-corrected chi connectivity index (χ1v) is 5.77. The summed E-state index contributed by atoms with van der Waals surface area (Å²) >= 11 is 0. The number of benzene rings is 1. The maximum absolute atomic E-state index is 10.5. The monoisotopic (exact) mass is 241 g/mol. The Kier molecular flexibility index (Phi) is 3.15. The Morgan fingerprint density at radius 3 is 2.56 bits per heavy atom. The van der Waals surface area contributed by atoms with Crippen molar-refractivity contribution >= 4 is 22.9 Å². The Balaban J connectivity index is 2.65. The minimum absolute atomic E-state index is 0.885. The van der Waals surface area contributed by atoms with Crippen LogP contribution in [0.4, 0.5) is 0 Å². The normalized spacial score (nSPS) is 11.3. The second kappa shape index (κ2) is 4.61. The first kappa shape index (κ1) is 12.3. The fourth-order valence-corrected chi connectivity index (χ4v) is 2.12. The fourth-order valence-electron chi connectivity index (χ4n) is 2.12. The van der Waals surface area contributed by atoms with Crippen molar-refractivity contribution in [2.45, 2.75) is 20.8 Å². The number of nitrogens with zero attached hydrogens (tertiary/aromatic N) is 1. The molecule has 18 heavy (non-hydrogen) atoms. The molecule has 0 amide bonds. The van der Waals surface area contributed by atoms with Crippen molar-refractivity contribution in [2.75, 3.05) is 0 Å². The Hall–Kier alpha value is -2.16. The molecule has 3 heteroatoms. The van der Waals surface area contributed by atoms with E-state index in [2.05, 4.69) is 4.98 Å². The fraction of sp³-hybridized carbons (Fsp3) is 0.200. The number of rotatable bonds is 2. The molecule has 0 saturated heterocycles. The number of carboxylic acids is 1. The summed E-state index contributed by atoms with van der Waals surface area (Å²) in [4.78, 5) is 15.1. The standard InChI is InChI=1S/C15H15NO2/c1-9-6-11(3)16-15-10(2)7-12(8-13(9)15)4-5-14(17)18/h4-8H,1-3H3,(H,17,18)/b5-4+. The van der Waals surface area contributed by atoms with E-state index in [1.807, 2.05) is 39.0 Å². The minimum Gasteiger partial charge on any atom is -0.478 e. The highest BCUT2D eigenvalue weighted by atomic mass is 16.4. The number of fused-ring (bicyclic) bond motifs is 1. The van der Waals surface area contributed by atoms with Crippen LogP contribution in [0.5, 0.6) is 0 Å². The van der Waals surface area contributed by atoms with Crippen LogP contribution in [0.1, 0.15) is 22.4 Å². The van der Waals surface area contributed by atoms with Gasteiger partial charge in [0.05, 0.1) is 5.52 Å². The number of carbonyl (C=O) groups is 1. The average Bonchev–Trinajstić information content (AvgIpc) is 2.28. The Morgan fingerprint density at radius 2 is 1.89 bits per heavy atom. The average molecular weight is 241 g/mol. The van der Waals surface area contributed by atoms with E-state index < -0.39 is 5.97 Å². The molecule has 1 aromatic heterocycles. The molecule has 2 rings (SSSR count). The lowest BCUT2D eigenvalue weighted by Gasteiger charge is -2.08. The molecule has 0 fully saturated rings. The lowest BCUT2D eigenvalue weighted by Crippen LogP contribution is -1.92. The molecule has 0 aliphatic heterocycles. The van der Waals surface area contributed by atoms with Gasteiger partial charge in [-0.05, 0) is 61.7 Å². The van der Waals surface area contributed by atoms with Crippen LogP contribution in [0.3, 0.4) is 0 Å². The summed E-state index contributed by atoms with van der Waals surface area (Å²) < 4.78 is 0. The number of pyridine rings is 1. The molecule has 3 nitrogen and oxygen atoms in total. The Labute approximate surface area is 106 Å². The molecule has 0 unspecified atom stereocenters. The smallest absolute Gasteiger partial charge is 0.328 e. The molecule has 0 atom stereocenters. The summed E-state index contributed by atoms with van der Waals surface area (Å²) in [7, 11) is 0. The van der Waals surface area contributed by atoms with E-state index in [0.29, 0.717) is 0 Å². The second-order valence-electron chi connectivity index (χ2n) is 4.49. The van der Waals surface area contributed by atoms with Gasteiger partial charge < -0.3 is 5.11 Å². The van der Waals surface area contributed by atoms with Crippen molar-refractivity contribution in [3.8, 4) is 0 Å². The molecule has 92 valence electrons. The van der Waals surface area contributed by atoms with Gasteiger partial charge in [-0.2, -0.15) is 0 Å². The number of aliphatic carboxylic acids is 1. The SMILES string of the molecule is Cc1cc(C)c2cc(/C=C/C(=O)O)cc(C)c2n1. The number of carboxylic acid groups (broad SMARTS) is 1. The molecule has 1 N–H and O–H groups in total. The lowest BCUT2D eigenvalue weighted by atomic mass is 10.0. The van der Waals surface area contributed by atoms with Gasteiger partial charge in [0, 0.05) is 17.2 Å². The molecule has 0 aliphatic rings. The van der Waals surface area contributed by atoms with Gasteiger partial charge in [0.2, 0.25) is 0 Å². The van der Waals surface area contributed by atoms with Crippen LogP contribution in [-0.2, 0) is 4.79 Å². The number of aryl methyl sites for hydroxylation is 3. The zero-order chi connectivity index (χ0) is 13.3. The maximum atomic E-state index is 10.5. The van der Waals surface area contributed by atoms with Gasteiger partial charge in [-0.25, -0.2) is 4.79 Å². The summed E-state index contributed by atoms with van der Waals surface area (Å²) in [6, 6.07) is 5.96. The highest BCUT2D eigenvalue weighted by Gasteiger charge is 2.05. The van der Waals surface area contributed by atoms with Gasteiger partial charge >= 0.3 is 5.97 Å². The number of aromatic nitrogens is 1. The van der Waals surface area contributed by atoms with E-state index in [1.54, 1.807) is 6.08 Å². The van der Waals surface area contributed by atoms with E-state index in [4.69, 9.17) is 5.11 Å². The van der Waals surface area contributed by atoms with Crippen LogP contribution in [0.25, 0.3) is 17.0 Å². The van der Waals surface area contributed by atoms with Gasteiger partial charge in [-0.3, -0.25) is 4.98 Å². The predicted octanol–water partition coefficient (Wildman–Crippen LogP) is 3.26. The van der Waals surface area contributed by atoms with Crippen LogP contribution in [-0.4, -0.2) is 16.1 Å². The zero-order valence-electron chi connectivity index (χ0n) is 10.7. The highest BCUT2D eigenvalue weighted by Crippen LogP contribution is 2.23. The maximum Gasteiger partial charge on any atom is 0.328 e. The third-order valence-corrected chi connectivity index (χ3v) is 2.88. The molecule has 1 heterocycles. The van der Waals surface area contributed by atoms with Gasteiger partial charge in [-0.15, -0.1) is 0 Å². The molecule has 0 spiro atoms. The summed E-state index contributed by atoms with van der Waals surface area (Å²) in [6.07, 6.45) is 2.76. The van der Waals surface area contributed by atoms with Crippen molar-refractivity contribution in [1.29, 1.82) is 0 Å². The summed E-state index contributed by atoms with van der Waals surface area (Å²) in [6.45, 7) is 6.01. The molecule has 1 aromatic carbocycles. The molecule has 0 aliphatic carbocycles. The van der Waals surface area contributed by atoms with Crippen LogP contribution in [0, 0.1) is 20.8 Å². The van der Waals surface area contributed by atoms with Crippen LogP contribution >= 0.6 is 0 Å². The first-order valence-electron chi connectivity index (χ1n) is 5.77. The highest BCUT2D eigenvalue weighted by molar-refractivity contribution is 5.90. The van der Waals surface area contributed by atoms with E-state index in [1.165, 1.54) is 0 Å². The van der Waals surface area contributed by atoms with Crippen molar-refractivity contribution in [2.24, 2.45) is 0 Å². The van der Waals surface area contributed by atoms with Gasteiger partial charge in [0.15, 0.2) is 0 Å². The van der Waals surface area contributed by atoms with Crippen LogP contribution in [0.2, 0.25) is 0 Å². The predicted molar refractivity (Wildman–Crippen MR) is 72.6 cm³/mol. The zero-order valence-corrected chi connectivity index (χ0v) is 10.7. The van der Waals surface area contributed by atoms with Gasteiger partial charge in [0.1, 0.15) is 0 Å². The third-order valence-electron chi connectivity index (χ3n) is 2.88. The number of hydrogen-bond donors (Lipinski definition) is 1. The Morgan fingerprint density at radius 1 is 1.17 bits per heavy atom. The largest absolute Gasteiger partial charge is 0.478 e. The van der Waals surface area contributed by atoms with Crippen LogP contribution < -0.4 is 0 Å². The molecule has 0 saturated carbocycles. The molecular weight excluding hydrogens is 226 g/mol. The van der Waals surface area contributed by atoms with Gasteiger partial charge in [-0.1, -0.05) is 0 Å². The molecule has 0 radical (unpaired) electrons. The van der Waals surface area contributed by atoms with Gasteiger partial charge in [0.25, 0.3) is 0 Å². The van der Waals surface area contributed by atoms with E-state index >= 15 is 0 Å². The van der Waals surface area contributed by atoms with E-state index in [0.717, 1.165) is 39.4 Å². The van der Waals surface area contributed by atoms with Crippen molar-refractivity contribution in [1.82, 2.24) is 4.98 Å². The summed E-state index contributed by atoms with van der Waals surface area (Å²) in [5.74, 6) is -0.938. The third kappa shape index (κ3) is 2.40. The summed E-state index contributed by atoms with van der Waals surface area (Å²) in [5.41, 5.74) is 5.09. The first-order chi connectivity index (χ1) is 8.47. The topological polar surface area (TPSA) is 50.2 Å². The Bertz CT molecular complexity index is 657. The second-order valence-corrected chi connectivity index (χ2v) is 4.49. The van der Waals surface area contributed by atoms with E-state index in [-0.39, 0.29) is 0 Å². The van der Waals surface area contributed by atoms with Crippen molar-refractivity contribution in [3.05, 3.63) is 46.7 Å². The molecule has 2 aromatic rings. The molecular formula is C15H15NO2. The molecule has 0 bridgehead atoms.